The van der Waals surface area contributed by atoms with Crippen molar-refractivity contribution in [3.05, 3.63) is 35.0 Å². The van der Waals surface area contributed by atoms with Crippen molar-refractivity contribution in [2.75, 3.05) is 5.73 Å². The molecule has 0 spiro atoms. The number of hydrogen-bond acceptors (Lipinski definition) is 4. The lowest BCUT2D eigenvalue weighted by Gasteiger charge is -2.10. The van der Waals surface area contributed by atoms with Gasteiger partial charge < -0.3 is 5.73 Å². The minimum Gasteiger partial charge on any atom is -0.397 e. The van der Waals surface area contributed by atoms with Gasteiger partial charge in [-0.25, -0.2) is 5.84 Å². The summed E-state index contributed by atoms with van der Waals surface area (Å²) < 4.78 is 0. The lowest BCUT2D eigenvalue weighted by Crippen LogP contribution is -2.30. The summed E-state index contributed by atoms with van der Waals surface area (Å²) in [5, 5.41) is 0.803. The van der Waals surface area contributed by atoms with Crippen LogP contribution in [0.1, 0.15) is 21.5 Å². The second-order valence-corrected chi connectivity index (χ2v) is 4.03. The van der Waals surface area contributed by atoms with Gasteiger partial charge in [0.15, 0.2) is 0 Å². The number of nitrogens with two attached hydrogens (primary N) is 2. The molecule has 17 heavy (non-hydrogen) atoms. The Morgan fingerprint density at radius 2 is 2.06 bits per heavy atom. The first-order valence-corrected chi connectivity index (χ1v) is 5.21. The van der Waals surface area contributed by atoms with E-state index in [0.717, 1.165) is 22.0 Å². The Morgan fingerprint density at radius 1 is 1.35 bits per heavy atom. The molecule has 0 saturated heterocycles. The Bertz CT molecular complexity index is 607. The monoisotopic (exact) mass is 230 g/mol. The number of amides is 1. The van der Waals surface area contributed by atoms with Gasteiger partial charge >= 0.3 is 0 Å². The van der Waals surface area contributed by atoms with Crippen LogP contribution in [0.4, 0.5) is 5.69 Å². The fourth-order valence-corrected chi connectivity index (χ4v) is 1.99. The van der Waals surface area contributed by atoms with Gasteiger partial charge in [0.2, 0.25) is 0 Å². The largest absolute Gasteiger partial charge is 0.397 e. The van der Waals surface area contributed by atoms with Gasteiger partial charge in [-0.1, -0.05) is 6.07 Å². The van der Waals surface area contributed by atoms with Crippen LogP contribution in [0.2, 0.25) is 0 Å². The fraction of sp³-hybridized carbons (Fsp3) is 0.167. The molecule has 0 aliphatic rings. The van der Waals surface area contributed by atoms with Gasteiger partial charge in [-0.15, -0.1) is 0 Å². The van der Waals surface area contributed by atoms with Gasteiger partial charge in [-0.05, 0) is 31.0 Å². The summed E-state index contributed by atoms with van der Waals surface area (Å²) in [6.45, 7) is 3.93. The van der Waals surface area contributed by atoms with Crippen molar-refractivity contribution < 1.29 is 4.79 Å². The van der Waals surface area contributed by atoms with Crippen molar-refractivity contribution >= 4 is 22.5 Å². The minimum absolute atomic E-state index is 0.298. The maximum atomic E-state index is 11.5. The second kappa shape index (κ2) is 4.03. The Morgan fingerprint density at radius 3 is 2.71 bits per heavy atom. The Balaban J connectivity index is 2.80. The first-order valence-electron chi connectivity index (χ1n) is 5.21. The molecule has 0 saturated carbocycles. The normalized spacial score (nSPS) is 10.5. The van der Waals surface area contributed by atoms with Gasteiger partial charge in [0.25, 0.3) is 5.91 Å². The quantitative estimate of drug-likeness (QED) is 0.387. The highest BCUT2D eigenvalue weighted by molar-refractivity contribution is 6.07. The first-order chi connectivity index (χ1) is 8.04. The van der Waals surface area contributed by atoms with E-state index in [1.54, 1.807) is 0 Å². The van der Waals surface area contributed by atoms with E-state index in [-0.39, 0.29) is 0 Å². The van der Waals surface area contributed by atoms with Crippen LogP contribution in [0.5, 0.6) is 0 Å². The number of hydrogen-bond donors (Lipinski definition) is 3. The molecule has 0 unspecified atom stereocenters. The zero-order valence-electron chi connectivity index (χ0n) is 9.74. The van der Waals surface area contributed by atoms with Gasteiger partial charge in [0.1, 0.15) is 0 Å². The predicted octanol–water partition coefficient (Wildman–Crippen LogP) is 1.04. The summed E-state index contributed by atoms with van der Waals surface area (Å²) in [5.74, 6) is 4.66. The highest BCUT2D eigenvalue weighted by Gasteiger charge is 2.13. The summed E-state index contributed by atoms with van der Waals surface area (Å²) in [6, 6.07) is 3.94. The van der Waals surface area contributed by atoms with Crippen LogP contribution in [0.25, 0.3) is 10.9 Å². The smallest absolute Gasteiger partial charge is 0.268 e. The van der Waals surface area contributed by atoms with Crippen molar-refractivity contribution in [1.29, 1.82) is 0 Å². The maximum absolute atomic E-state index is 11.5. The number of fused-ring (bicyclic) bond motifs is 1. The number of hydrazine groups is 1. The second-order valence-electron chi connectivity index (χ2n) is 4.03. The molecular formula is C12H14N4O. The minimum atomic E-state index is -0.433. The van der Waals surface area contributed by atoms with Crippen molar-refractivity contribution in [3.8, 4) is 0 Å². The molecular weight excluding hydrogens is 216 g/mol. The standard InChI is InChI=1S/C12H14N4O/c1-6-3-7(2)10-9(4-6)15-5-8(11(10)13)12(17)16-14/h3-5H,14H2,1-2H3,(H2,13,15)(H,16,17). The topological polar surface area (TPSA) is 94.0 Å². The van der Waals surface area contributed by atoms with E-state index in [1.165, 1.54) is 6.20 Å². The molecule has 0 fully saturated rings. The number of aromatic nitrogens is 1. The summed E-state index contributed by atoms with van der Waals surface area (Å²) in [4.78, 5) is 15.7. The molecule has 1 amide bonds. The highest BCUT2D eigenvalue weighted by atomic mass is 16.2. The average molecular weight is 230 g/mol. The number of aryl methyl sites for hydroxylation is 2. The van der Waals surface area contributed by atoms with Crippen LogP contribution in [-0.4, -0.2) is 10.9 Å². The van der Waals surface area contributed by atoms with Crippen LogP contribution in [0.15, 0.2) is 18.3 Å². The van der Waals surface area contributed by atoms with Crippen molar-refractivity contribution in [1.82, 2.24) is 10.4 Å². The molecule has 5 N–H and O–H groups in total. The number of rotatable bonds is 1. The Hall–Kier alpha value is -2.14. The average Bonchev–Trinajstić information content (AvgIpc) is 2.27. The summed E-state index contributed by atoms with van der Waals surface area (Å²) in [6.07, 6.45) is 1.44. The van der Waals surface area contributed by atoms with Crippen LogP contribution in [-0.2, 0) is 0 Å². The SMILES string of the molecule is Cc1cc(C)c2c(N)c(C(=O)NN)cnc2c1. The van der Waals surface area contributed by atoms with Crippen LogP contribution in [0, 0.1) is 13.8 Å². The van der Waals surface area contributed by atoms with E-state index in [0.29, 0.717) is 11.3 Å². The highest BCUT2D eigenvalue weighted by Crippen LogP contribution is 2.27. The van der Waals surface area contributed by atoms with Crippen LogP contribution in [0.3, 0.4) is 0 Å². The molecule has 5 nitrogen and oxygen atoms in total. The van der Waals surface area contributed by atoms with Crippen molar-refractivity contribution in [2.45, 2.75) is 13.8 Å². The first kappa shape index (κ1) is 11.3. The third-order valence-corrected chi connectivity index (χ3v) is 2.73. The molecule has 0 aliphatic heterocycles. The van der Waals surface area contributed by atoms with E-state index >= 15 is 0 Å². The molecule has 5 heteroatoms. The maximum Gasteiger partial charge on any atom is 0.268 e. The van der Waals surface area contributed by atoms with E-state index in [2.05, 4.69) is 10.4 Å². The molecule has 1 aromatic carbocycles. The van der Waals surface area contributed by atoms with Crippen molar-refractivity contribution in [3.63, 3.8) is 0 Å². The summed E-state index contributed by atoms with van der Waals surface area (Å²) in [7, 11) is 0. The predicted molar refractivity (Wildman–Crippen MR) is 67.3 cm³/mol. The van der Waals surface area contributed by atoms with E-state index < -0.39 is 5.91 Å². The van der Waals surface area contributed by atoms with Crippen LogP contribution >= 0.6 is 0 Å². The molecule has 1 aromatic heterocycles. The lowest BCUT2D eigenvalue weighted by atomic mass is 10.0. The molecule has 0 radical (unpaired) electrons. The molecule has 88 valence electrons. The number of benzene rings is 1. The molecule has 0 aliphatic carbocycles. The van der Waals surface area contributed by atoms with Gasteiger partial charge in [-0.2, -0.15) is 0 Å². The van der Waals surface area contributed by atoms with Crippen LogP contribution < -0.4 is 17.0 Å². The Labute approximate surface area is 98.8 Å². The molecule has 2 aromatic rings. The number of pyridine rings is 1. The molecule has 0 atom stereocenters. The van der Waals surface area contributed by atoms with Gasteiger partial charge in [0, 0.05) is 11.6 Å². The van der Waals surface area contributed by atoms with Gasteiger partial charge in [-0.3, -0.25) is 15.2 Å². The molecule has 0 bridgehead atoms. The van der Waals surface area contributed by atoms with E-state index in [4.69, 9.17) is 11.6 Å². The van der Waals surface area contributed by atoms with Gasteiger partial charge in [0.05, 0.1) is 16.8 Å². The zero-order chi connectivity index (χ0) is 12.6. The molecule has 1 heterocycles. The Kier molecular flexibility index (Phi) is 2.69. The lowest BCUT2D eigenvalue weighted by molar-refractivity contribution is 0.0954. The van der Waals surface area contributed by atoms with Crippen molar-refractivity contribution in [2.24, 2.45) is 5.84 Å². The third kappa shape index (κ3) is 1.81. The van der Waals surface area contributed by atoms with E-state index in [9.17, 15) is 4.79 Å². The number of nitrogens with one attached hydrogen (secondary N) is 1. The summed E-state index contributed by atoms with van der Waals surface area (Å²) >= 11 is 0. The summed E-state index contributed by atoms with van der Waals surface area (Å²) in [5.41, 5.74) is 11.7. The fourth-order valence-electron chi connectivity index (χ4n) is 1.99. The zero-order valence-corrected chi connectivity index (χ0v) is 9.74. The number of carbonyl (C=O) groups is 1. The third-order valence-electron chi connectivity index (χ3n) is 2.73. The van der Waals surface area contributed by atoms with E-state index in [1.807, 2.05) is 26.0 Å². The number of anilines is 1. The molecule has 2 rings (SSSR count). The number of nitrogen functional groups attached to an aromatic ring is 2. The number of nitrogens with zero attached hydrogens (tertiary/aromatic N) is 1. The number of carbonyl (C=O) groups excluding carboxylic acids is 1.